The first kappa shape index (κ1) is 18.3. The monoisotopic (exact) mass is 460 g/mol. The van der Waals surface area contributed by atoms with Crippen molar-refractivity contribution < 1.29 is 23.2 Å². The topological polar surface area (TPSA) is 73.6 Å². The molecule has 3 rings (SSSR count). The van der Waals surface area contributed by atoms with Gasteiger partial charge in [-0.05, 0) is 35.1 Å². The molecule has 0 spiro atoms. The van der Waals surface area contributed by atoms with Gasteiger partial charge in [0.05, 0.1) is 16.8 Å². The first-order valence-electron chi connectivity index (χ1n) is 7.96. The lowest BCUT2D eigenvalue weighted by Crippen LogP contribution is -2.30. The van der Waals surface area contributed by atoms with Crippen LogP contribution in [0.5, 0.6) is 0 Å². The van der Waals surface area contributed by atoms with Crippen LogP contribution >= 0.6 is 22.6 Å². The highest BCUT2D eigenvalue weighted by Crippen LogP contribution is 2.19. The summed E-state index contributed by atoms with van der Waals surface area (Å²) >= 11 is 2.00. The Morgan fingerprint density at radius 1 is 1.40 bits per heavy atom. The molecule has 8 heteroatoms. The Bertz CT molecular complexity index is 731. The van der Waals surface area contributed by atoms with Gasteiger partial charge in [-0.3, -0.25) is 4.79 Å². The lowest BCUT2D eigenvalue weighted by atomic mass is 10.1. The van der Waals surface area contributed by atoms with Gasteiger partial charge in [0, 0.05) is 24.6 Å². The molecule has 0 saturated carbocycles. The molecule has 1 saturated heterocycles. The van der Waals surface area contributed by atoms with Crippen LogP contribution in [0.3, 0.4) is 0 Å². The van der Waals surface area contributed by atoms with Crippen LogP contribution in [0.25, 0.3) is 0 Å². The Morgan fingerprint density at radius 3 is 3.00 bits per heavy atom. The highest BCUT2D eigenvalue weighted by Gasteiger charge is 2.22. The van der Waals surface area contributed by atoms with Crippen LogP contribution in [0, 0.1) is 15.3 Å². The van der Waals surface area contributed by atoms with E-state index in [1.165, 1.54) is 6.07 Å². The average Bonchev–Trinajstić information content (AvgIpc) is 3.25. The van der Waals surface area contributed by atoms with E-state index in [9.17, 15) is 9.18 Å². The Morgan fingerprint density at radius 2 is 2.24 bits per heavy atom. The van der Waals surface area contributed by atoms with Crippen molar-refractivity contribution in [1.82, 2.24) is 10.5 Å². The van der Waals surface area contributed by atoms with Crippen molar-refractivity contribution in [2.45, 2.75) is 19.6 Å². The van der Waals surface area contributed by atoms with Crippen molar-refractivity contribution in [2.24, 2.45) is 5.92 Å². The quantitative estimate of drug-likeness (QED) is 0.644. The van der Waals surface area contributed by atoms with Crippen molar-refractivity contribution in [3.8, 4) is 0 Å². The van der Waals surface area contributed by atoms with Crippen LogP contribution in [0.2, 0.25) is 0 Å². The van der Waals surface area contributed by atoms with Crippen LogP contribution in [0.4, 0.5) is 4.39 Å². The van der Waals surface area contributed by atoms with E-state index < -0.39 is 0 Å². The molecule has 1 aromatic heterocycles. The van der Waals surface area contributed by atoms with Gasteiger partial charge in [0.2, 0.25) is 0 Å². The zero-order chi connectivity index (χ0) is 17.6. The SMILES string of the molecule is O=C(NCC1CCOC1)c1noc(COCc2ccccc2F)c1I. The Labute approximate surface area is 158 Å². The minimum absolute atomic E-state index is 0.114. The molecule has 1 amide bonds. The number of benzene rings is 1. The third-order valence-corrected chi connectivity index (χ3v) is 5.05. The van der Waals surface area contributed by atoms with Crippen LogP contribution in [0.15, 0.2) is 28.8 Å². The first-order chi connectivity index (χ1) is 12.1. The number of ether oxygens (including phenoxy) is 2. The molecule has 1 N–H and O–H groups in total. The van der Waals surface area contributed by atoms with Gasteiger partial charge in [0.25, 0.3) is 5.91 Å². The lowest BCUT2D eigenvalue weighted by Gasteiger charge is -2.08. The standard InChI is InChI=1S/C17H18FIN2O4/c18-13-4-2-1-3-12(13)9-24-10-14-15(19)16(21-25-14)17(22)20-7-11-5-6-23-8-11/h1-4,11H,5-10H2,(H,20,22). The zero-order valence-corrected chi connectivity index (χ0v) is 15.6. The molecule has 1 aliphatic rings. The van der Waals surface area contributed by atoms with Crippen molar-refractivity contribution in [2.75, 3.05) is 19.8 Å². The van der Waals surface area contributed by atoms with Gasteiger partial charge in [0.15, 0.2) is 11.5 Å². The third kappa shape index (κ3) is 4.77. The molecular weight excluding hydrogens is 442 g/mol. The second-order valence-corrected chi connectivity index (χ2v) is 6.87. The summed E-state index contributed by atoms with van der Waals surface area (Å²) in [5, 5.41) is 6.67. The molecule has 1 aromatic carbocycles. The summed E-state index contributed by atoms with van der Waals surface area (Å²) in [7, 11) is 0. The molecule has 1 aliphatic heterocycles. The largest absolute Gasteiger partial charge is 0.381 e. The predicted octanol–water partition coefficient (Wildman–Crippen LogP) is 2.90. The van der Waals surface area contributed by atoms with Crippen molar-refractivity contribution in [3.05, 3.63) is 50.7 Å². The van der Waals surface area contributed by atoms with Crippen LogP contribution < -0.4 is 5.32 Å². The molecule has 6 nitrogen and oxygen atoms in total. The first-order valence-corrected chi connectivity index (χ1v) is 9.04. The van der Waals surface area contributed by atoms with Crippen LogP contribution in [0.1, 0.15) is 28.2 Å². The van der Waals surface area contributed by atoms with E-state index in [4.69, 9.17) is 14.0 Å². The number of nitrogens with zero attached hydrogens (tertiary/aromatic N) is 1. The summed E-state index contributed by atoms with van der Waals surface area (Å²) < 4.78 is 30.1. The third-order valence-electron chi connectivity index (χ3n) is 3.94. The van der Waals surface area contributed by atoms with Crippen molar-refractivity contribution in [1.29, 1.82) is 0 Å². The highest BCUT2D eigenvalue weighted by atomic mass is 127. The molecular formula is C17H18FIN2O4. The second kappa shape index (κ2) is 8.72. The molecule has 0 bridgehead atoms. The van der Waals surface area contributed by atoms with E-state index in [1.807, 2.05) is 22.6 Å². The van der Waals surface area contributed by atoms with Crippen molar-refractivity contribution in [3.63, 3.8) is 0 Å². The summed E-state index contributed by atoms with van der Waals surface area (Å²) in [6.07, 6.45) is 0.950. The number of aromatic nitrogens is 1. The minimum Gasteiger partial charge on any atom is -0.381 e. The summed E-state index contributed by atoms with van der Waals surface area (Å²) in [5.41, 5.74) is 0.706. The summed E-state index contributed by atoms with van der Waals surface area (Å²) in [4.78, 5) is 12.2. The van der Waals surface area contributed by atoms with Gasteiger partial charge >= 0.3 is 0 Å². The number of rotatable bonds is 7. The van der Waals surface area contributed by atoms with Crippen molar-refractivity contribution >= 4 is 28.5 Å². The Kier molecular flexibility index (Phi) is 6.38. The smallest absolute Gasteiger partial charge is 0.274 e. The number of hydrogen-bond donors (Lipinski definition) is 1. The van der Waals surface area contributed by atoms with E-state index in [-0.39, 0.29) is 30.6 Å². The maximum Gasteiger partial charge on any atom is 0.274 e. The molecule has 25 heavy (non-hydrogen) atoms. The number of amides is 1. The number of carbonyl (C=O) groups excluding carboxylic acids is 1. The molecule has 134 valence electrons. The van der Waals surface area contributed by atoms with Gasteiger partial charge in [-0.1, -0.05) is 23.4 Å². The maximum absolute atomic E-state index is 13.5. The molecule has 0 aliphatic carbocycles. The number of hydrogen-bond acceptors (Lipinski definition) is 5. The van der Waals surface area contributed by atoms with Crippen LogP contribution in [-0.2, 0) is 22.7 Å². The number of carbonyl (C=O) groups is 1. The highest BCUT2D eigenvalue weighted by molar-refractivity contribution is 14.1. The minimum atomic E-state index is -0.314. The normalized spacial score (nSPS) is 17.0. The molecule has 1 atom stereocenters. The number of halogens is 2. The summed E-state index contributed by atoms with van der Waals surface area (Å²) in [5.74, 6) is 0.203. The fourth-order valence-corrected chi connectivity index (χ4v) is 3.08. The van der Waals surface area contributed by atoms with Gasteiger partial charge in [-0.15, -0.1) is 0 Å². The Hall–Kier alpha value is -1.52. The fraction of sp³-hybridized carbons (Fsp3) is 0.412. The molecule has 0 radical (unpaired) electrons. The van der Waals surface area contributed by atoms with Gasteiger partial charge in [-0.25, -0.2) is 4.39 Å². The predicted molar refractivity (Wildman–Crippen MR) is 95.4 cm³/mol. The molecule has 1 fully saturated rings. The van der Waals surface area contributed by atoms with Gasteiger partial charge in [-0.2, -0.15) is 0 Å². The maximum atomic E-state index is 13.5. The van der Waals surface area contributed by atoms with E-state index in [1.54, 1.807) is 18.2 Å². The fourth-order valence-electron chi connectivity index (χ4n) is 2.48. The lowest BCUT2D eigenvalue weighted by molar-refractivity contribution is 0.0854. The zero-order valence-electron chi connectivity index (χ0n) is 13.5. The molecule has 2 aromatic rings. The van der Waals surface area contributed by atoms with E-state index >= 15 is 0 Å². The molecule has 2 heterocycles. The van der Waals surface area contributed by atoms with Gasteiger partial charge in [0.1, 0.15) is 12.4 Å². The second-order valence-electron chi connectivity index (χ2n) is 5.79. The van der Waals surface area contributed by atoms with E-state index in [0.29, 0.717) is 34.0 Å². The molecule has 1 unspecified atom stereocenters. The summed E-state index contributed by atoms with van der Waals surface area (Å²) in [6, 6.07) is 6.42. The van der Waals surface area contributed by atoms with Crippen LogP contribution in [-0.4, -0.2) is 30.8 Å². The van der Waals surface area contributed by atoms with E-state index in [0.717, 1.165) is 13.0 Å². The average molecular weight is 460 g/mol. The van der Waals surface area contributed by atoms with E-state index in [2.05, 4.69) is 10.5 Å². The Balaban J connectivity index is 1.51. The summed E-state index contributed by atoms with van der Waals surface area (Å²) in [6.45, 7) is 2.20. The number of nitrogens with one attached hydrogen (secondary N) is 1. The van der Waals surface area contributed by atoms with Gasteiger partial charge < -0.3 is 19.3 Å².